The average molecular weight is 351 g/mol. The molecule has 1 saturated carbocycles. The number of anilines is 1. The number of hydrogen-bond donors (Lipinski definition) is 2. The van der Waals surface area contributed by atoms with Gasteiger partial charge in [-0.1, -0.05) is 72.9 Å². The summed E-state index contributed by atoms with van der Waals surface area (Å²) in [5, 5.41) is 0. The monoisotopic (exact) mass is 351 g/mol. The van der Waals surface area contributed by atoms with Gasteiger partial charge in [0.15, 0.2) is 0 Å². The zero-order valence-electron chi connectivity index (χ0n) is 16.1. The Labute approximate surface area is 149 Å². The fraction of sp³-hybridized carbons (Fsp3) is 0.700. The van der Waals surface area contributed by atoms with E-state index < -0.39 is 8.53 Å². The summed E-state index contributed by atoms with van der Waals surface area (Å²) in [6.45, 7) is 13.3. The summed E-state index contributed by atoms with van der Waals surface area (Å²) in [7, 11) is -2.13. The van der Waals surface area contributed by atoms with E-state index in [2.05, 4.69) is 59.7 Å². The molecule has 0 radical (unpaired) electrons. The van der Waals surface area contributed by atoms with Crippen LogP contribution in [0.15, 0.2) is 18.2 Å². The van der Waals surface area contributed by atoms with E-state index in [0.717, 1.165) is 18.5 Å². The highest BCUT2D eigenvalue weighted by Crippen LogP contribution is 2.46. The molecule has 1 aromatic carbocycles. The Kier molecular flexibility index (Phi) is 6.00. The second-order valence-electron chi connectivity index (χ2n) is 9.14. The fourth-order valence-corrected chi connectivity index (χ4v) is 4.46. The lowest BCUT2D eigenvalue weighted by Crippen LogP contribution is -2.34. The second kappa shape index (κ2) is 7.32. The third kappa shape index (κ3) is 4.50. The summed E-state index contributed by atoms with van der Waals surface area (Å²) < 4.78 is 1.90. The minimum absolute atomic E-state index is 0.0468. The van der Waals surface area contributed by atoms with Crippen molar-refractivity contribution in [2.24, 2.45) is 0 Å². The van der Waals surface area contributed by atoms with Crippen molar-refractivity contribution in [3.63, 3.8) is 0 Å². The minimum atomic E-state index is -2.13. The molecule has 0 saturated heterocycles. The van der Waals surface area contributed by atoms with Crippen LogP contribution in [0.1, 0.15) is 84.8 Å². The van der Waals surface area contributed by atoms with Crippen molar-refractivity contribution in [2.75, 3.05) is 4.67 Å². The van der Waals surface area contributed by atoms with Crippen LogP contribution in [0.3, 0.4) is 0 Å². The Hall–Kier alpha value is -0.630. The molecule has 4 heteroatoms. The Balaban J connectivity index is 2.53. The second-order valence-corrected chi connectivity index (χ2v) is 10.1. The third-order valence-electron chi connectivity index (χ3n) is 5.03. The molecule has 1 fully saturated rings. The van der Waals surface area contributed by atoms with E-state index in [4.69, 9.17) is 0 Å². The SMILES string of the molecule is CC(C)(C)c1ccc(N(C2CCCCC2)P(O)O)c(C(C)(C)C)c1. The molecule has 136 valence electrons. The van der Waals surface area contributed by atoms with Crippen LogP contribution >= 0.6 is 8.53 Å². The van der Waals surface area contributed by atoms with Crippen LogP contribution in [-0.2, 0) is 10.8 Å². The van der Waals surface area contributed by atoms with Crippen molar-refractivity contribution in [3.8, 4) is 0 Å². The van der Waals surface area contributed by atoms with Gasteiger partial charge in [0.25, 0.3) is 8.53 Å². The van der Waals surface area contributed by atoms with Gasteiger partial charge in [-0.25, -0.2) is 0 Å². The summed E-state index contributed by atoms with van der Waals surface area (Å²) in [5.41, 5.74) is 3.53. The van der Waals surface area contributed by atoms with Gasteiger partial charge < -0.3 is 14.5 Å². The topological polar surface area (TPSA) is 43.7 Å². The highest BCUT2D eigenvalue weighted by atomic mass is 31.2. The first-order chi connectivity index (χ1) is 11.0. The summed E-state index contributed by atoms with van der Waals surface area (Å²) >= 11 is 0. The third-order valence-corrected chi connectivity index (χ3v) is 5.96. The maximum absolute atomic E-state index is 10.2. The lowest BCUT2D eigenvalue weighted by molar-refractivity contribution is 0.411. The fourth-order valence-electron chi connectivity index (χ4n) is 3.57. The van der Waals surface area contributed by atoms with Crippen molar-refractivity contribution in [3.05, 3.63) is 29.3 Å². The Bertz CT molecular complexity index is 552. The lowest BCUT2D eigenvalue weighted by atomic mass is 9.79. The maximum Gasteiger partial charge on any atom is 0.284 e. The van der Waals surface area contributed by atoms with Crippen LogP contribution < -0.4 is 4.67 Å². The average Bonchev–Trinajstić information content (AvgIpc) is 2.46. The number of rotatable bonds is 3. The van der Waals surface area contributed by atoms with Crippen molar-refractivity contribution in [1.82, 2.24) is 0 Å². The molecule has 0 aromatic heterocycles. The Morgan fingerprint density at radius 3 is 1.96 bits per heavy atom. The standard InChI is InChI=1S/C20H34NO2P/c1-19(2,3)15-12-13-18(17(14-15)20(4,5)6)21(24(22)23)16-10-8-7-9-11-16/h12-14,16,22-23H,7-11H2,1-6H3. The summed E-state index contributed by atoms with van der Waals surface area (Å²) in [4.78, 5) is 20.4. The lowest BCUT2D eigenvalue weighted by Gasteiger charge is -2.39. The molecule has 2 rings (SSSR count). The molecule has 0 heterocycles. The van der Waals surface area contributed by atoms with Crippen LogP contribution in [0.5, 0.6) is 0 Å². The molecule has 1 aromatic rings. The van der Waals surface area contributed by atoms with E-state index >= 15 is 0 Å². The van der Waals surface area contributed by atoms with Gasteiger partial charge in [0.1, 0.15) is 0 Å². The minimum Gasteiger partial charge on any atom is -0.333 e. The highest BCUT2D eigenvalue weighted by Gasteiger charge is 2.32. The normalized spacial score (nSPS) is 17.4. The molecular formula is C20H34NO2P. The number of benzene rings is 1. The number of hydrogen-bond acceptors (Lipinski definition) is 3. The Morgan fingerprint density at radius 2 is 1.50 bits per heavy atom. The van der Waals surface area contributed by atoms with Gasteiger partial charge in [-0.15, -0.1) is 0 Å². The van der Waals surface area contributed by atoms with Gasteiger partial charge in [-0.3, -0.25) is 0 Å². The van der Waals surface area contributed by atoms with E-state index in [1.807, 2.05) is 4.67 Å². The smallest absolute Gasteiger partial charge is 0.284 e. The summed E-state index contributed by atoms with van der Waals surface area (Å²) in [6, 6.07) is 6.77. The largest absolute Gasteiger partial charge is 0.333 e. The van der Waals surface area contributed by atoms with Gasteiger partial charge >= 0.3 is 0 Å². The molecule has 3 nitrogen and oxygen atoms in total. The van der Waals surface area contributed by atoms with Gasteiger partial charge in [0, 0.05) is 11.7 Å². The predicted molar refractivity (Wildman–Crippen MR) is 105 cm³/mol. The first kappa shape index (κ1) is 19.7. The molecule has 0 bridgehead atoms. The van der Waals surface area contributed by atoms with E-state index in [9.17, 15) is 9.79 Å². The van der Waals surface area contributed by atoms with Gasteiger partial charge in [-0.2, -0.15) is 0 Å². The highest BCUT2D eigenvalue weighted by molar-refractivity contribution is 7.47. The molecule has 0 aliphatic heterocycles. The molecule has 0 amide bonds. The van der Waals surface area contributed by atoms with Crippen molar-refractivity contribution >= 4 is 14.2 Å². The molecule has 1 aliphatic rings. The van der Waals surface area contributed by atoms with Gasteiger partial charge in [-0.05, 0) is 40.9 Å². The van der Waals surface area contributed by atoms with Gasteiger partial charge in [0.05, 0.1) is 0 Å². The Morgan fingerprint density at radius 1 is 0.917 bits per heavy atom. The zero-order chi connectivity index (χ0) is 18.1. The van der Waals surface area contributed by atoms with Crippen molar-refractivity contribution in [2.45, 2.75) is 90.5 Å². The molecule has 0 atom stereocenters. The molecule has 0 spiro atoms. The van der Waals surface area contributed by atoms with Crippen LogP contribution in [0, 0.1) is 0 Å². The van der Waals surface area contributed by atoms with E-state index in [0.29, 0.717) is 0 Å². The molecule has 0 unspecified atom stereocenters. The van der Waals surface area contributed by atoms with Crippen LogP contribution in [0.25, 0.3) is 0 Å². The van der Waals surface area contributed by atoms with Gasteiger partial charge in [0.2, 0.25) is 0 Å². The molecule has 24 heavy (non-hydrogen) atoms. The van der Waals surface area contributed by atoms with E-state index in [-0.39, 0.29) is 16.9 Å². The van der Waals surface area contributed by atoms with Crippen LogP contribution in [0.2, 0.25) is 0 Å². The maximum atomic E-state index is 10.2. The van der Waals surface area contributed by atoms with E-state index in [1.165, 1.54) is 30.4 Å². The number of nitrogens with zero attached hydrogens (tertiary/aromatic N) is 1. The first-order valence-electron chi connectivity index (χ1n) is 9.14. The summed E-state index contributed by atoms with van der Waals surface area (Å²) in [5.74, 6) is 0. The van der Waals surface area contributed by atoms with Crippen molar-refractivity contribution in [1.29, 1.82) is 0 Å². The predicted octanol–water partition coefficient (Wildman–Crippen LogP) is 5.63. The van der Waals surface area contributed by atoms with E-state index in [1.54, 1.807) is 0 Å². The molecule has 2 N–H and O–H groups in total. The summed E-state index contributed by atoms with van der Waals surface area (Å²) in [6.07, 6.45) is 5.70. The zero-order valence-corrected chi connectivity index (χ0v) is 17.0. The van der Waals surface area contributed by atoms with Crippen molar-refractivity contribution < 1.29 is 9.79 Å². The van der Waals surface area contributed by atoms with Crippen LogP contribution in [0.4, 0.5) is 5.69 Å². The first-order valence-corrected chi connectivity index (χ1v) is 10.3. The molecule has 1 aliphatic carbocycles. The molecular weight excluding hydrogens is 317 g/mol. The van der Waals surface area contributed by atoms with Crippen LogP contribution in [-0.4, -0.2) is 15.8 Å². The quantitative estimate of drug-likeness (QED) is 0.693.